The third-order valence-electron chi connectivity index (χ3n) is 4.70. The number of carbonyl (C=O) groups is 2. The number of nitrogens with zero attached hydrogens (tertiary/aromatic N) is 4. The van der Waals surface area contributed by atoms with Crippen LogP contribution in [0.15, 0.2) is 36.5 Å². The zero-order chi connectivity index (χ0) is 20.5. The van der Waals surface area contributed by atoms with Gasteiger partial charge in [-0.05, 0) is 25.1 Å². The van der Waals surface area contributed by atoms with E-state index in [1.54, 1.807) is 17.2 Å². The number of para-hydroxylation sites is 2. The summed E-state index contributed by atoms with van der Waals surface area (Å²) in [5.74, 6) is 1.25. The first-order valence-electron chi connectivity index (χ1n) is 9.42. The number of rotatable bonds is 3. The van der Waals surface area contributed by atoms with E-state index in [9.17, 15) is 9.59 Å². The van der Waals surface area contributed by atoms with Crippen LogP contribution in [0.2, 0.25) is 0 Å². The van der Waals surface area contributed by atoms with Gasteiger partial charge in [0.2, 0.25) is 11.8 Å². The van der Waals surface area contributed by atoms with E-state index in [0.717, 1.165) is 11.5 Å². The maximum atomic E-state index is 13.2. The van der Waals surface area contributed by atoms with Gasteiger partial charge < -0.3 is 15.1 Å². The molecule has 2 heterocycles. The fraction of sp³-hybridized carbons (Fsp3) is 0.429. The third kappa shape index (κ3) is 4.13. The minimum atomic E-state index is -0.236. The van der Waals surface area contributed by atoms with Crippen LogP contribution in [0.25, 0.3) is 0 Å². The van der Waals surface area contributed by atoms with Gasteiger partial charge in [-0.3, -0.25) is 9.59 Å². The van der Waals surface area contributed by atoms with Crippen molar-refractivity contribution in [1.82, 2.24) is 9.97 Å². The molecule has 1 N–H and O–H groups in total. The number of anilines is 3. The van der Waals surface area contributed by atoms with Gasteiger partial charge in [0.05, 0.1) is 17.9 Å². The van der Waals surface area contributed by atoms with Gasteiger partial charge in [-0.1, -0.05) is 32.9 Å². The van der Waals surface area contributed by atoms with Crippen molar-refractivity contribution in [3.05, 3.63) is 42.4 Å². The van der Waals surface area contributed by atoms with Crippen LogP contribution in [-0.4, -0.2) is 41.4 Å². The number of nitrogens with one attached hydrogen (secondary N) is 1. The highest BCUT2D eigenvalue weighted by atomic mass is 16.2. The molecule has 1 aromatic carbocycles. The first-order valence-corrected chi connectivity index (χ1v) is 9.42. The summed E-state index contributed by atoms with van der Waals surface area (Å²) in [6, 6.07) is 8.95. The molecule has 7 nitrogen and oxygen atoms in total. The van der Waals surface area contributed by atoms with E-state index in [-0.39, 0.29) is 36.2 Å². The molecule has 1 unspecified atom stereocenters. The van der Waals surface area contributed by atoms with E-state index in [2.05, 4.69) is 36.1 Å². The Bertz CT molecular complexity index is 890. The topological polar surface area (TPSA) is 78.4 Å². The molecule has 148 valence electrons. The van der Waals surface area contributed by atoms with Crippen molar-refractivity contribution in [3.63, 3.8) is 0 Å². The lowest BCUT2D eigenvalue weighted by Crippen LogP contribution is -2.44. The fourth-order valence-electron chi connectivity index (χ4n) is 3.25. The number of aromatic nitrogens is 2. The number of amides is 2. The van der Waals surface area contributed by atoms with E-state index in [0.29, 0.717) is 11.5 Å². The molecule has 2 aromatic rings. The van der Waals surface area contributed by atoms with Gasteiger partial charge in [-0.15, -0.1) is 0 Å². The summed E-state index contributed by atoms with van der Waals surface area (Å²) in [6.45, 7) is 8.20. The Morgan fingerprint density at radius 3 is 2.71 bits per heavy atom. The molecule has 1 aromatic heterocycles. The van der Waals surface area contributed by atoms with Crippen LogP contribution in [0.3, 0.4) is 0 Å². The van der Waals surface area contributed by atoms with Crippen LogP contribution >= 0.6 is 0 Å². The lowest BCUT2D eigenvalue weighted by atomic mass is 9.96. The average molecular weight is 381 g/mol. The molecule has 1 aliphatic rings. The zero-order valence-electron chi connectivity index (χ0n) is 17.1. The van der Waals surface area contributed by atoms with Crippen LogP contribution < -0.4 is 15.1 Å². The second kappa shape index (κ2) is 7.58. The maximum absolute atomic E-state index is 13.2. The highest BCUT2D eigenvalue weighted by Gasteiger charge is 2.30. The van der Waals surface area contributed by atoms with Crippen LogP contribution in [0, 0.1) is 0 Å². The van der Waals surface area contributed by atoms with Gasteiger partial charge in [0.15, 0.2) is 0 Å². The molecule has 0 fully saturated rings. The lowest BCUT2D eigenvalue weighted by Gasteiger charge is -2.30. The Hall–Kier alpha value is -2.96. The van der Waals surface area contributed by atoms with Crippen molar-refractivity contribution in [2.45, 2.75) is 45.6 Å². The van der Waals surface area contributed by atoms with Crippen molar-refractivity contribution >= 4 is 29.0 Å². The van der Waals surface area contributed by atoms with Crippen molar-refractivity contribution in [3.8, 4) is 0 Å². The molecule has 0 aliphatic carbocycles. The summed E-state index contributed by atoms with van der Waals surface area (Å²) < 4.78 is 0. The summed E-state index contributed by atoms with van der Waals surface area (Å²) in [4.78, 5) is 37.8. The van der Waals surface area contributed by atoms with Crippen molar-refractivity contribution in [2.24, 2.45) is 0 Å². The Morgan fingerprint density at radius 1 is 1.29 bits per heavy atom. The first kappa shape index (κ1) is 19.8. The molecule has 28 heavy (non-hydrogen) atoms. The predicted octanol–water partition coefficient (Wildman–Crippen LogP) is 2.97. The predicted molar refractivity (Wildman–Crippen MR) is 111 cm³/mol. The Morgan fingerprint density at radius 2 is 2.00 bits per heavy atom. The second-order valence-corrected chi connectivity index (χ2v) is 8.23. The summed E-state index contributed by atoms with van der Waals surface area (Å²) in [5.41, 5.74) is 1.20. The molecular formula is C21H27N5O2. The quantitative estimate of drug-likeness (QED) is 0.884. The summed E-state index contributed by atoms with van der Waals surface area (Å²) in [6.07, 6.45) is 1.97. The normalized spacial score (nSPS) is 16.8. The summed E-state index contributed by atoms with van der Waals surface area (Å²) in [5, 5.41) is 2.88. The molecule has 1 aliphatic heterocycles. The monoisotopic (exact) mass is 381 g/mol. The van der Waals surface area contributed by atoms with Crippen LogP contribution in [0.4, 0.5) is 17.2 Å². The number of hydrogen-bond donors (Lipinski definition) is 1. The smallest absolute Gasteiger partial charge is 0.246 e. The van der Waals surface area contributed by atoms with Crippen molar-refractivity contribution in [2.75, 3.05) is 28.7 Å². The Kier molecular flexibility index (Phi) is 5.36. The number of likely N-dealkylation sites (N-methyl/N-ethyl adjacent to an activating group) is 1. The Labute approximate surface area is 165 Å². The van der Waals surface area contributed by atoms with Crippen LogP contribution in [-0.2, 0) is 15.0 Å². The number of carbonyl (C=O) groups excluding carboxylic acids is 2. The van der Waals surface area contributed by atoms with Crippen LogP contribution in [0.1, 0.15) is 39.9 Å². The molecule has 0 spiro atoms. The highest BCUT2D eigenvalue weighted by molar-refractivity contribution is 6.05. The van der Waals surface area contributed by atoms with Gasteiger partial charge in [-0.2, -0.15) is 0 Å². The molecule has 0 saturated carbocycles. The molecule has 0 bridgehead atoms. The lowest BCUT2D eigenvalue weighted by molar-refractivity contribution is -0.118. The van der Waals surface area contributed by atoms with E-state index < -0.39 is 0 Å². The molecule has 1 atom stereocenters. The molecule has 2 amide bonds. The maximum Gasteiger partial charge on any atom is 0.246 e. The second-order valence-electron chi connectivity index (χ2n) is 8.23. The molecule has 0 radical (unpaired) electrons. The van der Waals surface area contributed by atoms with Crippen molar-refractivity contribution in [1.29, 1.82) is 0 Å². The minimum Gasteiger partial charge on any atom is -0.350 e. The van der Waals surface area contributed by atoms with Gasteiger partial charge in [0, 0.05) is 31.1 Å². The van der Waals surface area contributed by atoms with Crippen molar-refractivity contribution < 1.29 is 9.59 Å². The van der Waals surface area contributed by atoms with E-state index in [1.165, 1.54) is 0 Å². The van der Waals surface area contributed by atoms with Gasteiger partial charge >= 0.3 is 0 Å². The fourth-order valence-corrected chi connectivity index (χ4v) is 3.25. The number of benzene rings is 1. The number of fused-ring (bicyclic) bond motifs is 1. The van der Waals surface area contributed by atoms with Gasteiger partial charge in [0.25, 0.3) is 0 Å². The molecular weight excluding hydrogens is 354 g/mol. The van der Waals surface area contributed by atoms with E-state index in [4.69, 9.17) is 0 Å². The van der Waals surface area contributed by atoms with E-state index >= 15 is 0 Å². The van der Waals surface area contributed by atoms with E-state index in [1.807, 2.05) is 43.1 Å². The highest BCUT2D eigenvalue weighted by Crippen LogP contribution is 2.31. The van der Waals surface area contributed by atoms with Crippen LogP contribution in [0.5, 0.6) is 0 Å². The minimum absolute atomic E-state index is 0.0881. The Balaban J connectivity index is 1.85. The summed E-state index contributed by atoms with van der Waals surface area (Å²) >= 11 is 0. The zero-order valence-corrected chi connectivity index (χ0v) is 17.1. The third-order valence-corrected chi connectivity index (χ3v) is 4.70. The first-order chi connectivity index (χ1) is 13.2. The SMILES string of the molecule is CC1CC(=O)Nc2ccccc2N1C(=O)CN(C)c1ccnc(C(C)(C)C)n1. The molecule has 7 heteroatoms. The number of hydrogen-bond acceptors (Lipinski definition) is 5. The standard InChI is InChI=1S/C21H27N5O2/c1-14-12-18(27)23-15-8-6-7-9-16(15)26(14)19(28)13-25(5)17-10-11-22-20(24-17)21(2,3)4/h6-11,14H,12-13H2,1-5H3,(H,23,27). The van der Waals surface area contributed by atoms with Gasteiger partial charge in [-0.25, -0.2) is 9.97 Å². The average Bonchev–Trinajstić information content (AvgIpc) is 2.75. The molecule has 0 saturated heterocycles. The largest absolute Gasteiger partial charge is 0.350 e. The van der Waals surface area contributed by atoms with Gasteiger partial charge in [0.1, 0.15) is 11.6 Å². The molecule has 3 rings (SSSR count). The summed E-state index contributed by atoms with van der Waals surface area (Å²) in [7, 11) is 1.84.